The summed E-state index contributed by atoms with van der Waals surface area (Å²) in [4.78, 5) is 24.8. The van der Waals surface area contributed by atoms with E-state index in [0.29, 0.717) is 22.3 Å². The number of carbonyl (C=O) groups is 2. The van der Waals surface area contributed by atoms with Gasteiger partial charge in [-0.3, -0.25) is 9.59 Å². The van der Waals surface area contributed by atoms with Crippen LogP contribution >= 0.6 is 0 Å². The quantitative estimate of drug-likeness (QED) is 0.688. The third-order valence-electron chi connectivity index (χ3n) is 4.16. The Hall–Kier alpha value is -3.27. The molecule has 4 heteroatoms. The molecule has 0 bridgehead atoms. The van der Waals surface area contributed by atoms with Gasteiger partial charge >= 0.3 is 0 Å². The van der Waals surface area contributed by atoms with Crippen LogP contribution in [0.3, 0.4) is 0 Å². The fraction of sp³-hybridized carbons (Fsp3) is 0.0909. The van der Waals surface area contributed by atoms with Gasteiger partial charge in [0.2, 0.25) is 0 Å². The molecule has 0 aliphatic rings. The molecule has 0 saturated heterocycles. The molecule has 1 N–H and O–H groups in total. The molecule has 26 heavy (non-hydrogen) atoms. The largest absolute Gasteiger partial charge is 0.345 e. The Labute approximate surface area is 151 Å². The van der Waals surface area contributed by atoms with Gasteiger partial charge in [-0.15, -0.1) is 0 Å². The zero-order chi connectivity index (χ0) is 18.5. The molecule has 130 valence electrons. The summed E-state index contributed by atoms with van der Waals surface area (Å²) in [7, 11) is 0. The summed E-state index contributed by atoms with van der Waals surface area (Å²) in [6.07, 6.45) is 0. The van der Waals surface area contributed by atoms with Crippen molar-refractivity contribution in [3.8, 4) is 0 Å². The van der Waals surface area contributed by atoms with Gasteiger partial charge in [0.1, 0.15) is 5.82 Å². The summed E-state index contributed by atoms with van der Waals surface area (Å²) < 4.78 is 13.8. The molecule has 0 aromatic heterocycles. The van der Waals surface area contributed by atoms with Gasteiger partial charge in [-0.25, -0.2) is 4.39 Å². The van der Waals surface area contributed by atoms with E-state index in [1.54, 1.807) is 73.7 Å². The van der Waals surface area contributed by atoms with Crippen LogP contribution in [0.2, 0.25) is 0 Å². The molecule has 3 aromatic carbocycles. The molecule has 0 saturated carbocycles. The van der Waals surface area contributed by atoms with Crippen LogP contribution in [0.15, 0.2) is 78.9 Å². The maximum Gasteiger partial charge on any atom is 0.251 e. The van der Waals surface area contributed by atoms with Crippen molar-refractivity contribution in [3.63, 3.8) is 0 Å². The van der Waals surface area contributed by atoms with Crippen molar-refractivity contribution in [3.05, 3.63) is 107 Å². The van der Waals surface area contributed by atoms with E-state index in [2.05, 4.69) is 5.32 Å². The highest BCUT2D eigenvalue weighted by atomic mass is 19.1. The highest BCUT2D eigenvalue weighted by Crippen LogP contribution is 2.17. The zero-order valence-corrected chi connectivity index (χ0v) is 14.3. The van der Waals surface area contributed by atoms with Gasteiger partial charge in [-0.05, 0) is 25.1 Å². The molecule has 0 aliphatic heterocycles. The van der Waals surface area contributed by atoms with E-state index in [4.69, 9.17) is 0 Å². The normalized spacial score (nSPS) is 11.6. The Kier molecular flexibility index (Phi) is 5.23. The van der Waals surface area contributed by atoms with Gasteiger partial charge in [0.05, 0.1) is 6.04 Å². The number of ketones is 1. The number of hydrogen-bond donors (Lipinski definition) is 1. The number of carbonyl (C=O) groups excluding carboxylic acids is 2. The molecule has 0 fully saturated rings. The molecule has 3 nitrogen and oxygen atoms in total. The minimum Gasteiger partial charge on any atom is -0.345 e. The van der Waals surface area contributed by atoms with Crippen LogP contribution in [0.1, 0.15) is 44.8 Å². The first kappa shape index (κ1) is 17.5. The van der Waals surface area contributed by atoms with E-state index in [-0.39, 0.29) is 17.5 Å². The topological polar surface area (TPSA) is 46.2 Å². The minimum atomic E-state index is -0.464. The molecule has 3 rings (SSSR count). The molecule has 1 atom stereocenters. The third-order valence-corrected chi connectivity index (χ3v) is 4.16. The maximum absolute atomic E-state index is 13.8. The van der Waals surface area contributed by atoms with Crippen LogP contribution in [-0.4, -0.2) is 11.7 Å². The van der Waals surface area contributed by atoms with Crippen molar-refractivity contribution >= 4 is 11.7 Å². The van der Waals surface area contributed by atoms with Crippen molar-refractivity contribution < 1.29 is 14.0 Å². The van der Waals surface area contributed by atoms with Gasteiger partial charge in [-0.1, -0.05) is 60.7 Å². The lowest BCUT2D eigenvalue weighted by Gasteiger charge is -2.15. The van der Waals surface area contributed by atoms with Crippen LogP contribution in [-0.2, 0) is 0 Å². The summed E-state index contributed by atoms with van der Waals surface area (Å²) in [5.74, 6) is -0.777. The maximum atomic E-state index is 13.8. The molecule has 0 aliphatic carbocycles. The van der Waals surface area contributed by atoms with Gasteiger partial charge in [0.15, 0.2) is 5.78 Å². The molecule has 0 heterocycles. The lowest BCUT2D eigenvalue weighted by Crippen LogP contribution is -2.27. The number of nitrogens with one attached hydrogen (secondary N) is 1. The second-order valence-electron chi connectivity index (χ2n) is 5.99. The molecule has 1 amide bonds. The Morgan fingerprint density at radius 2 is 1.31 bits per heavy atom. The predicted molar refractivity (Wildman–Crippen MR) is 98.6 cm³/mol. The first-order valence-electron chi connectivity index (χ1n) is 8.31. The fourth-order valence-corrected chi connectivity index (χ4v) is 2.71. The first-order chi connectivity index (χ1) is 12.6. The van der Waals surface area contributed by atoms with Crippen LogP contribution in [0.5, 0.6) is 0 Å². The van der Waals surface area contributed by atoms with Gasteiger partial charge in [-0.2, -0.15) is 0 Å². The number of halogens is 1. The molecule has 0 unspecified atom stereocenters. The average Bonchev–Trinajstić information content (AvgIpc) is 2.68. The van der Waals surface area contributed by atoms with Crippen LogP contribution < -0.4 is 5.32 Å². The van der Waals surface area contributed by atoms with Crippen molar-refractivity contribution in [2.24, 2.45) is 0 Å². The highest BCUT2D eigenvalue weighted by Gasteiger charge is 2.15. The average molecular weight is 347 g/mol. The predicted octanol–water partition coefficient (Wildman–Crippen LogP) is 4.55. The molecule has 0 spiro atoms. The molecule has 3 aromatic rings. The molecular weight excluding hydrogens is 329 g/mol. The third kappa shape index (κ3) is 3.86. The standard InChI is InChI=1S/C22H18FNO2/c1-15(19-9-5-6-10-20(19)23)24-22(26)18-13-11-17(12-14-18)21(25)16-7-3-2-4-8-16/h2-15H,1H3,(H,24,26)/t15-/m1/s1. The zero-order valence-electron chi connectivity index (χ0n) is 14.3. The van der Waals surface area contributed by atoms with Crippen molar-refractivity contribution in [1.29, 1.82) is 0 Å². The van der Waals surface area contributed by atoms with E-state index in [1.807, 2.05) is 6.07 Å². The minimum absolute atomic E-state index is 0.0997. The smallest absolute Gasteiger partial charge is 0.251 e. The van der Waals surface area contributed by atoms with E-state index >= 15 is 0 Å². The second kappa shape index (κ2) is 7.74. The summed E-state index contributed by atoms with van der Waals surface area (Å²) in [6.45, 7) is 1.73. The van der Waals surface area contributed by atoms with Crippen LogP contribution in [0, 0.1) is 5.82 Å². The van der Waals surface area contributed by atoms with E-state index < -0.39 is 6.04 Å². The van der Waals surface area contributed by atoms with Crippen molar-refractivity contribution in [2.75, 3.05) is 0 Å². The number of amides is 1. The molecule has 0 radical (unpaired) electrons. The first-order valence-corrected chi connectivity index (χ1v) is 8.31. The summed E-state index contributed by atoms with van der Waals surface area (Å²) in [6, 6.07) is 21.3. The van der Waals surface area contributed by atoms with Crippen molar-refractivity contribution in [1.82, 2.24) is 5.32 Å². The number of benzene rings is 3. The Bertz CT molecular complexity index is 920. The summed E-state index contributed by atoms with van der Waals surface area (Å²) in [5.41, 5.74) is 1.95. The summed E-state index contributed by atoms with van der Waals surface area (Å²) in [5, 5.41) is 2.77. The van der Waals surface area contributed by atoms with Gasteiger partial charge < -0.3 is 5.32 Å². The van der Waals surface area contributed by atoms with Crippen LogP contribution in [0.25, 0.3) is 0 Å². The number of rotatable bonds is 5. The van der Waals surface area contributed by atoms with Crippen LogP contribution in [0.4, 0.5) is 4.39 Å². The van der Waals surface area contributed by atoms with Gasteiger partial charge in [0, 0.05) is 22.3 Å². The number of hydrogen-bond acceptors (Lipinski definition) is 2. The highest BCUT2D eigenvalue weighted by molar-refractivity contribution is 6.09. The van der Waals surface area contributed by atoms with Crippen molar-refractivity contribution in [2.45, 2.75) is 13.0 Å². The SMILES string of the molecule is C[C@@H](NC(=O)c1ccc(C(=O)c2ccccc2)cc1)c1ccccc1F. The Morgan fingerprint density at radius 3 is 1.96 bits per heavy atom. The van der Waals surface area contributed by atoms with Gasteiger partial charge in [0.25, 0.3) is 5.91 Å². The molecular formula is C22H18FNO2. The lowest BCUT2D eigenvalue weighted by molar-refractivity contribution is 0.0938. The van der Waals surface area contributed by atoms with E-state index in [0.717, 1.165) is 0 Å². The monoisotopic (exact) mass is 347 g/mol. The summed E-state index contributed by atoms with van der Waals surface area (Å²) >= 11 is 0. The Balaban J connectivity index is 1.71. The van der Waals surface area contributed by atoms with E-state index in [1.165, 1.54) is 6.07 Å². The fourth-order valence-electron chi connectivity index (χ4n) is 2.71. The van der Waals surface area contributed by atoms with E-state index in [9.17, 15) is 14.0 Å². The Morgan fingerprint density at radius 1 is 0.769 bits per heavy atom. The lowest BCUT2D eigenvalue weighted by atomic mass is 10.0. The second-order valence-corrected chi connectivity index (χ2v) is 5.99.